The first-order valence-electron chi connectivity index (χ1n) is 6.30. The third-order valence-corrected chi connectivity index (χ3v) is 4.43. The Kier molecular flexibility index (Phi) is 5.25. The molecular formula is C15H18ClNOS. The van der Waals surface area contributed by atoms with Gasteiger partial charge in [-0.1, -0.05) is 23.7 Å². The molecule has 2 nitrogen and oxygen atoms in total. The first-order chi connectivity index (χ1) is 9.19. The molecule has 1 atom stereocenters. The van der Waals surface area contributed by atoms with Crippen LogP contribution in [0.2, 0.25) is 4.34 Å². The highest BCUT2D eigenvalue weighted by molar-refractivity contribution is 7.16. The second-order valence-corrected chi connectivity index (χ2v) is 6.17. The number of ether oxygens (including phenoxy) is 1. The Morgan fingerprint density at radius 1 is 1.32 bits per heavy atom. The van der Waals surface area contributed by atoms with Gasteiger partial charge in [0.15, 0.2) is 0 Å². The van der Waals surface area contributed by atoms with Crippen LogP contribution in [0.4, 0.5) is 0 Å². The molecule has 1 N–H and O–H groups in total. The van der Waals surface area contributed by atoms with Gasteiger partial charge in [0.25, 0.3) is 0 Å². The number of rotatable bonds is 6. The van der Waals surface area contributed by atoms with Crippen molar-refractivity contribution in [2.45, 2.75) is 19.4 Å². The van der Waals surface area contributed by atoms with E-state index >= 15 is 0 Å². The molecule has 102 valence electrons. The molecule has 0 saturated heterocycles. The minimum atomic E-state index is 0.336. The number of hydrogen-bond donors (Lipinski definition) is 1. The molecule has 0 aliphatic carbocycles. The van der Waals surface area contributed by atoms with Crippen LogP contribution in [-0.4, -0.2) is 13.7 Å². The second-order valence-electron chi connectivity index (χ2n) is 4.42. The lowest BCUT2D eigenvalue weighted by Gasteiger charge is -2.12. The van der Waals surface area contributed by atoms with Crippen molar-refractivity contribution in [1.29, 1.82) is 0 Å². The van der Waals surface area contributed by atoms with Crippen molar-refractivity contribution in [3.05, 3.63) is 51.2 Å². The van der Waals surface area contributed by atoms with Gasteiger partial charge in [-0.15, -0.1) is 11.3 Å². The van der Waals surface area contributed by atoms with E-state index in [0.717, 1.165) is 23.1 Å². The van der Waals surface area contributed by atoms with Crippen molar-refractivity contribution in [3.8, 4) is 5.75 Å². The van der Waals surface area contributed by atoms with Crippen LogP contribution < -0.4 is 10.1 Å². The van der Waals surface area contributed by atoms with Crippen molar-refractivity contribution in [3.63, 3.8) is 0 Å². The number of nitrogens with one attached hydrogen (secondary N) is 1. The maximum Gasteiger partial charge on any atom is 0.119 e. The molecule has 0 radical (unpaired) electrons. The molecule has 0 bridgehead atoms. The number of benzene rings is 1. The van der Waals surface area contributed by atoms with Gasteiger partial charge in [0, 0.05) is 10.9 Å². The summed E-state index contributed by atoms with van der Waals surface area (Å²) in [7, 11) is 1.69. The maximum atomic E-state index is 5.94. The van der Waals surface area contributed by atoms with Crippen LogP contribution in [0.15, 0.2) is 36.4 Å². The van der Waals surface area contributed by atoms with Crippen LogP contribution >= 0.6 is 22.9 Å². The lowest BCUT2D eigenvalue weighted by Crippen LogP contribution is -2.20. The zero-order chi connectivity index (χ0) is 13.7. The van der Waals surface area contributed by atoms with E-state index in [1.165, 1.54) is 10.4 Å². The van der Waals surface area contributed by atoms with Gasteiger partial charge in [0.1, 0.15) is 5.75 Å². The molecule has 4 heteroatoms. The molecule has 0 aliphatic rings. The average Bonchev–Trinajstić information content (AvgIpc) is 2.86. The summed E-state index contributed by atoms with van der Waals surface area (Å²) in [5.41, 5.74) is 1.28. The summed E-state index contributed by atoms with van der Waals surface area (Å²) in [5, 5.41) is 3.51. The molecule has 0 aliphatic heterocycles. The molecule has 0 spiro atoms. The SMILES string of the molecule is COc1cccc(CCNC(C)c2ccc(Cl)s2)c1. The first-order valence-corrected chi connectivity index (χ1v) is 7.50. The third-order valence-electron chi connectivity index (χ3n) is 3.02. The highest BCUT2D eigenvalue weighted by Crippen LogP contribution is 2.26. The van der Waals surface area contributed by atoms with Crippen LogP contribution in [0.3, 0.4) is 0 Å². The van der Waals surface area contributed by atoms with Gasteiger partial charge >= 0.3 is 0 Å². The Morgan fingerprint density at radius 3 is 2.84 bits per heavy atom. The Balaban J connectivity index is 1.82. The number of hydrogen-bond acceptors (Lipinski definition) is 3. The fraction of sp³-hybridized carbons (Fsp3) is 0.333. The van der Waals surface area contributed by atoms with E-state index in [9.17, 15) is 0 Å². The lowest BCUT2D eigenvalue weighted by atomic mass is 10.1. The molecule has 19 heavy (non-hydrogen) atoms. The predicted octanol–water partition coefficient (Wildman–Crippen LogP) is 4.30. The number of halogens is 1. The normalized spacial score (nSPS) is 12.4. The van der Waals surface area contributed by atoms with Crippen LogP contribution in [0.5, 0.6) is 5.75 Å². The van der Waals surface area contributed by atoms with Crippen LogP contribution in [0.1, 0.15) is 23.4 Å². The predicted molar refractivity (Wildman–Crippen MR) is 82.4 cm³/mol. The van der Waals surface area contributed by atoms with E-state index in [1.54, 1.807) is 18.4 Å². The van der Waals surface area contributed by atoms with Crippen molar-refractivity contribution in [2.75, 3.05) is 13.7 Å². The minimum Gasteiger partial charge on any atom is -0.497 e. The fourth-order valence-corrected chi connectivity index (χ4v) is 3.01. The quantitative estimate of drug-likeness (QED) is 0.858. The molecule has 0 amide bonds. The van der Waals surface area contributed by atoms with Crippen LogP contribution in [0.25, 0.3) is 0 Å². The summed E-state index contributed by atoms with van der Waals surface area (Å²) < 4.78 is 6.06. The fourth-order valence-electron chi connectivity index (χ4n) is 1.92. The molecule has 1 unspecified atom stereocenters. The minimum absolute atomic E-state index is 0.336. The van der Waals surface area contributed by atoms with E-state index in [1.807, 2.05) is 18.2 Å². The number of methoxy groups -OCH3 is 1. The highest BCUT2D eigenvalue weighted by atomic mass is 35.5. The second kappa shape index (κ2) is 6.94. The van der Waals surface area contributed by atoms with E-state index in [2.05, 4.69) is 30.4 Å². The molecule has 1 heterocycles. The zero-order valence-corrected chi connectivity index (χ0v) is 12.7. The summed E-state index contributed by atoms with van der Waals surface area (Å²) in [6, 6.07) is 12.6. The van der Waals surface area contributed by atoms with Gasteiger partial charge in [0.05, 0.1) is 11.4 Å². The zero-order valence-electron chi connectivity index (χ0n) is 11.2. The van der Waals surface area contributed by atoms with Gasteiger partial charge in [-0.25, -0.2) is 0 Å². The maximum absolute atomic E-state index is 5.94. The Morgan fingerprint density at radius 2 is 2.16 bits per heavy atom. The largest absolute Gasteiger partial charge is 0.497 e. The summed E-state index contributed by atoms with van der Waals surface area (Å²) in [6.07, 6.45) is 0.987. The van der Waals surface area contributed by atoms with Gasteiger partial charge < -0.3 is 10.1 Å². The molecule has 1 aromatic heterocycles. The van der Waals surface area contributed by atoms with Gasteiger partial charge in [-0.2, -0.15) is 0 Å². The Labute approximate surface area is 123 Å². The molecule has 2 aromatic rings. The van der Waals surface area contributed by atoms with Crippen LogP contribution in [0, 0.1) is 0 Å². The lowest BCUT2D eigenvalue weighted by molar-refractivity contribution is 0.414. The van der Waals surface area contributed by atoms with E-state index in [0.29, 0.717) is 6.04 Å². The molecule has 1 aromatic carbocycles. The molecule has 2 rings (SSSR count). The van der Waals surface area contributed by atoms with Crippen molar-refractivity contribution in [1.82, 2.24) is 5.32 Å². The van der Waals surface area contributed by atoms with E-state index < -0.39 is 0 Å². The first kappa shape index (κ1) is 14.4. The van der Waals surface area contributed by atoms with Crippen LogP contribution in [-0.2, 0) is 6.42 Å². The summed E-state index contributed by atoms with van der Waals surface area (Å²) >= 11 is 7.58. The van der Waals surface area contributed by atoms with Gasteiger partial charge in [-0.05, 0) is 49.7 Å². The Hall–Kier alpha value is -1.03. The van der Waals surface area contributed by atoms with Gasteiger partial charge in [0.2, 0.25) is 0 Å². The van der Waals surface area contributed by atoms with Crippen molar-refractivity contribution >= 4 is 22.9 Å². The average molecular weight is 296 g/mol. The Bertz CT molecular complexity index is 526. The summed E-state index contributed by atoms with van der Waals surface area (Å²) in [5.74, 6) is 0.913. The van der Waals surface area contributed by atoms with Gasteiger partial charge in [-0.3, -0.25) is 0 Å². The van der Waals surface area contributed by atoms with E-state index in [-0.39, 0.29) is 0 Å². The molecule has 0 saturated carbocycles. The monoisotopic (exact) mass is 295 g/mol. The third kappa shape index (κ3) is 4.23. The molecule has 0 fully saturated rings. The smallest absolute Gasteiger partial charge is 0.119 e. The van der Waals surface area contributed by atoms with Crippen molar-refractivity contribution < 1.29 is 4.74 Å². The highest BCUT2D eigenvalue weighted by Gasteiger charge is 2.07. The summed E-state index contributed by atoms with van der Waals surface area (Å²) in [4.78, 5) is 1.27. The topological polar surface area (TPSA) is 21.3 Å². The number of thiophene rings is 1. The van der Waals surface area contributed by atoms with Crippen molar-refractivity contribution in [2.24, 2.45) is 0 Å². The molecular weight excluding hydrogens is 278 g/mol. The van der Waals surface area contributed by atoms with E-state index in [4.69, 9.17) is 16.3 Å². The standard InChI is InChI=1S/C15H18ClNOS/c1-11(14-6-7-15(16)19-14)17-9-8-12-4-3-5-13(10-12)18-2/h3-7,10-11,17H,8-9H2,1-2H3. The summed E-state index contributed by atoms with van der Waals surface area (Å²) in [6.45, 7) is 3.09.